The number of allylic oxidation sites excluding steroid dienone is 14. The van der Waals surface area contributed by atoms with E-state index < -0.39 is 0 Å². The van der Waals surface area contributed by atoms with Crippen LogP contribution < -0.4 is 0 Å². The summed E-state index contributed by atoms with van der Waals surface area (Å²) < 4.78 is 0. The largest absolute Gasteiger partial charge is 0.0622 e. The molecule has 0 saturated carbocycles. The maximum Gasteiger partial charge on any atom is 0.0205 e. The predicted octanol–water partition coefficient (Wildman–Crippen LogP) is 10.2. The van der Waals surface area contributed by atoms with Gasteiger partial charge in [-0.05, 0) is 82.9 Å². The van der Waals surface area contributed by atoms with Crippen LogP contribution in [-0.4, -0.2) is 0 Å². The average molecular weight is 507 g/mol. The van der Waals surface area contributed by atoms with E-state index in [-0.39, 0.29) is 0 Å². The van der Waals surface area contributed by atoms with Crippen molar-refractivity contribution in [1.82, 2.24) is 0 Å². The number of hydrogen-bond donors (Lipinski definition) is 0. The second-order valence-electron chi connectivity index (χ2n) is 11.2. The Balaban J connectivity index is 1.23. The van der Waals surface area contributed by atoms with Crippen LogP contribution in [0.25, 0.3) is 43.5 Å². The van der Waals surface area contributed by atoms with E-state index in [0.29, 0.717) is 11.8 Å². The van der Waals surface area contributed by atoms with Crippen molar-refractivity contribution in [2.75, 3.05) is 0 Å². The third-order valence-electron chi connectivity index (χ3n) is 9.28. The van der Waals surface area contributed by atoms with Crippen LogP contribution in [0.2, 0.25) is 0 Å². The zero-order valence-corrected chi connectivity index (χ0v) is 22.0. The van der Waals surface area contributed by atoms with Crippen LogP contribution in [0.1, 0.15) is 11.1 Å². The van der Waals surface area contributed by atoms with E-state index in [1.165, 1.54) is 76.9 Å². The van der Waals surface area contributed by atoms with Gasteiger partial charge in [-0.2, -0.15) is 0 Å². The first-order valence-corrected chi connectivity index (χ1v) is 14.2. The van der Waals surface area contributed by atoms with Crippen molar-refractivity contribution in [3.63, 3.8) is 0 Å². The molecule has 5 aromatic carbocycles. The van der Waals surface area contributed by atoms with Crippen LogP contribution >= 0.6 is 0 Å². The molecule has 5 aromatic rings. The molecule has 0 N–H and O–H groups in total. The standard InChI is InChI=1S/C40H26/c1-2-8-25(9-3-1)29-19-14-26-17-23-37-30(20-15-27-16-22-36(29)39(26)40(27)37)28-18-21-35-33-12-5-4-10-31(33)32-11-6-7-13-34(32)38(35)24-28/h1-24,39-40H. The average Bonchev–Trinajstić information content (AvgIpc) is 3.04. The van der Waals surface area contributed by atoms with Crippen LogP contribution in [0, 0.1) is 11.8 Å². The van der Waals surface area contributed by atoms with Gasteiger partial charge in [0.1, 0.15) is 0 Å². The number of benzene rings is 5. The molecule has 0 spiro atoms. The van der Waals surface area contributed by atoms with Gasteiger partial charge in [0.15, 0.2) is 0 Å². The monoisotopic (exact) mass is 506 g/mol. The van der Waals surface area contributed by atoms with Gasteiger partial charge in [0.2, 0.25) is 0 Å². The fraction of sp³-hybridized carbons (Fsp3) is 0.0500. The Bertz CT molecular complexity index is 2100. The summed E-state index contributed by atoms with van der Waals surface area (Å²) in [6.07, 6.45) is 18.8. The predicted molar refractivity (Wildman–Crippen MR) is 170 cm³/mol. The van der Waals surface area contributed by atoms with E-state index in [4.69, 9.17) is 0 Å². The third kappa shape index (κ3) is 3.02. The molecule has 0 amide bonds. The smallest absolute Gasteiger partial charge is 0.0205 e. The molecular weight excluding hydrogens is 480 g/mol. The summed E-state index contributed by atoms with van der Waals surface area (Å²) in [4.78, 5) is 0. The van der Waals surface area contributed by atoms with Gasteiger partial charge in [0.05, 0.1) is 0 Å². The van der Waals surface area contributed by atoms with Crippen LogP contribution in [0.15, 0.2) is 168 Å². The van der Waals surface area contributed by atoms with E-state index >= 15 is 0 Å². The van der Waals surface area contributed by atoms with Gasteiger partial charge in [-0.25, -0.2) is 0 Å². The van der Waals surface area contributed by atoms with Crippen molar-refractivity contribution in [3.05, 3.63) is 179 Å². The van der Waals surface area contributed by atoms with Crippen molar-refractivity contribution in [2.24, 2.45) is 11.8 Å². The zero-order chi connectivity index (χ0) is 26.2. The molecule has 0 radical (unpaired) electrons. The third-order valence-corrected chi connectivity index (χ3v) is 9.28. The fourth-order valence-corrected chi connectivity index (χ4v) is 7.49. The summed E-state index contributed by atoms with van der Waals surface area (Å²) in [5.74, 6) is 0.693. The fourth-order valence-electron chi connectivity index (χ4n) is 7.49. The topological polar surface area (TPSA) is 0 Å². The number of fused-ring (bicyclic) bond motifs is 6. The normalized spacial score (nSPS) is 20.8. The van der Waals surface area contributed by atoms with Crippen molar-refractivity contribution >= 4 is 43.5 Å². The van der Waals surface area contributed by atoms with Gasteiger partial charge in [-0.3, -0.25) is 0 Å². The first-order chi connectivity index (χ1) is 19.8. The Morgan fingerprint density at radius 3 is 1.75 bits per heavy atom. The van der Waals surface area contributed by atoms with Crippen molar-refractivity contribution in [3.8, 4) is 0 Å². The minimum atomic E-state index is 0.340. The Morgan fingerprint density at radius 2 is 1.00 bits per heavy atom. The Morgan fingerprint density at radius 1 is 0.400 bits per heavy atom. The SMILES string of the molecule is C1=CC2=C(c3ccccc3)C=CC3=CC=C4C(c5ccc6c7ccccc7c7ccccc7c6c5)=CC=C1C4C32. The molecule has 4 aliphatic rings. The molecule has 0 bridgehead atoms. The van der Waals surface area contributed by atoms with E-state index in [1.54, 1.807) is 0 Å². The van der Waals surface area contributed by atoms with Crippen LogP contribution in [-0.2, 0) is 0 Å². The molecule has 0 saturated heterocycles. The molecule has 9 rings (SSSR count). The van der Waals surface area contributed by atoms with E-state index in [9.17, 15) is 0 Å². The lowest BCUT2D eigenvalue weighted by Gasteiger charge is -2.42. The first kappa shape index (κ1) is 21.9. The zero-order valence-electron chi connectivity index (χ0n) is 22.0. The van der Waals surface area contributed by atoms with Gasteiger partial charge >= 0.3 is 0 Å². The number of rotatable bonds is 2. The number of hydrogen-bond acceptors (Lipinski definition) is 0. The Labute approximate surface area is 234 Å². The summed E-state index contributed by atoms with van der Waals surface area (Å²) >= 11 is 0. The molecular formula is C40H26. The highest BCUT2D eigenvalue weighted by Crippen LogP contribution is 2.54. The van der Waals surface area contributed by atoms with Crippen molar-refractivity contribution < 1.29 is 0 Å². The minimum Gasteiger partial charge on any atom is -0.0622 e. The lowest BCUT2D eigenvalue weighted by Crippen LogP contribution is -2.30. The highest BCUT2D eigenvalue weighted by Gasteiger charge is 2.40. The molecule has 0 heterocycles. The summed E-state index contributed by atoms with van der Waals surface area (Å²) in [6.45, 7) is 0. The molecule has 0 heteroatoms. The highest BCUT2D eigenvalue weighted by atomic mass is 14.4. The maximum atomic E-state index is 2.43. The molecule has 2 atom stereocenters. The van der Waals surface area contributed by atoms with E-state index in [2.05, 4.69) is 146 Å². The van der Waals surface area contributed by atoms with Gasteiger partial charge in [0.25, 0.3) is 0 Å². The highest BCUT2D eigenvalue weighted by molar-refractivity contribution is 6.25. The minimum absolute atomic E-state index is 0.340. The maximum absolute atomic E-state index is 2.43. The lowest BCUT2D eigenvalue weighted by atomic mass is 9.61. The van der Waals surface area contributed by atoms with Crippen molar-refractivity contribution in [2.45, 2.75) is 0 Å². The molecule has 0 aliphatic heterocycles. The van der Waals surface area contributed by atoms with Gasteiger partial charge in [0, 0.05) is 11.8 Å². The van der Waals surface area contributed by atoms with E-state index in [0.717, 1.165) is 0 Å². The molecule has 2 unspecified atom stereocenters. The molecule has 0 aromatic heterocycles. The Kier molecular flexibility index (Phi) is 4.54. The van der Waals surface area contributed by atoms with Crippen LogP contribution in [0.3, 0.4) is 0 Å². The van der Waals surface area contributed by atoms with Gasteiger partial charge in [-0.15, -0.1) is 0 Å². The summed E-state index contributed by atoms with van der Waals surface area (Å²) in [7, 11) is 0. The van der Waals surface area contributed by atoms with Gasteiger partial charge < -0.3 is 0 Å². The van der Waals surface area contributed by atoms with E-state index in [1.807, 2.05) is 0 Å². The first-order valence-electron chi connectivity index (χ1n) is 14.2. The lowest BCUT2D eigenvalue weighted by molar-refractivity contribution is 0.569. The molecule has 0 fully saturated rings. The summed E-state index contributed by atoms with van der Waals surface area (Å²) in [5, 5.41) is 7.93. The second-order valence-corrected chi connectivity index (χ2v) is 11.2. The van der Waals surface area contributed by atoms with Crippen molar-refractivity contribution in [1.29, 1.82) is 0 Å². The quantitative estimate of drug-likeness (QED) is 0.209. The summed E-state index contributed by atoms with van der Waals surface area (Å²) in [5.41, 5.74) is 11.0. The van der Waals surface area contributed by atoms with Crippen LogP contribution in [0.5, 0.6) is 0 Å². The van der Waals surface area contributed by atoms with Crippen LogP contribution in [0.4, 0.5) is 0 Å². The molecule has 40 heavy (non-hydrogen) atoms. The molecule has 4 aliphatic carbocycles. The Hall–Kier alpha value is -4.94. The summed E-state index contributed by atoms with van der Waals surface area (Å²) in [6, 6.07) is 35.6. The molecule has 186 valence electrons. The van der Waals surface area contributed by atoms with Gasteiger partial charge in [-0.1, -0.05) is 140 Å². The second kappa shape index (κ2) is 8.28. The molecule has 0 nitrogen and oxygen atoms in total.